The second kappa shape index (κ2) is 5.94. The van der Waals surface area contributed by atoms with Crippen molar-refractivity contribution in [1.82, 2.24) is 10.6 Å². The minimum atomic E-state index is 0.101. The smallest absolute Gasteiger partial charge is 0.233 e. The van der Waals surface area contributed by atoms with E-state index in [4.69, 9.17) is 5.73 Å². The third-order valence-electron chi connectivity index (χ3n) is 2.08. The Labute approximate surface area is 79.3 Å². The van der Waals surface area contributed by atoms with Crippen LogP contribution in [-0.2, 0) is 4.79 Å². The fraction of sp³-hybridized carbons (Fsp3) is 0.889. The molecule has 0 unspecified atom stereocenters. The summed E-state index contributed by atoms with van der Waals surface area (Å²) in [4.78, 5) is 11.1. The maximum Gasteiger partial charge on any atom is 0.233 e. The molecule has 0 aromatic rings. The van der Waals surface area contributed by atoms with Crippen molar-refractivity contribution in [3.05, 3.63) is 0 Å². The van der Waals surface area contributed by atoms with Crippen LogP contribution >= 0.6 is 0 Å². The molecule has 4 N–H and O–H groups in total. The van der Waals surface area contributed by atoms with Gasteiger partial charge in [0.25, 0.3) is 0 Å². The highest BCUT2D eigenvalue weighted by atomic mass is 16.1. The standard InChI is InChI=1S/C9H19N3O/c10-5-1-2-6-11-9(13)7-12-8-3-4-8/h8,12H,1-7,10H2,(H,11,13). The number of hydrogen-bond acceptors (Lipinski definition) is 3. The summed E-state index contributed by atoms with van der Waals surface area (Å²) in [7, 11) is 0. The first-order valence-electron chi connectivity index (χ1n) is 5.03. The van der Waals surface area contributed by atoms with Gasteiger partial charge in [-0.25, -0.2) is 0 Å². The van der Waals surface area contributed by atoms with Crippen molar-refractivity contribution in [3.63, 3.8) is 0 Å². The molecule has 4 heteroatoms. The van der Waals surface area contributed by atoms with E-state index in [2.05, 4.69) is 10.6 Å². The second-order valence-electron chi connectivity index (χ2n) is 3.50. The molecule has 0 atom stereocenters. The molecule has 0 bridgehead atoms. The predicted molar refractivity (Wildman–Crippen MR) is 52.3 cm³/mol. The molecule has 1 fully saturated rings. The van der Waals surface area contributed by atoms with Crippen LogP contribution in [0.15, 0.2) is 0 Å². The molecule has 76 valence electrons. The summed E-state index contributed by atoms with van der Waals surface area (Å²) in [5, 5.41) is 6.00. The second-order valence-corrected chi connectivity index (χ2v) is 3.50. The SMILES string of the molecule is NCCCCNC(=O)CNC1CC1. The van der Waals surface area contributed by atoms with E-state index in [-0.39, 0.29) is 5.91 Å². The number of rotatable bonds is 7. The van der Waals surface area contributed by atoms with Crippen molar-refractivity contribution in [2.75, 3.05) is 19.6 Å². The van der Waals surface area contributed by atoms with E-state index in [9.17, 15) is 4.79 Å². The lowest BCUT2D eigenvalue weighted by Gasteiger charge is -2.04. The van der Waals surface area contributed by atoms with Gasteiger partial charge in [-0.05, 0) is 32.2 Å². The van der Waals surface area contributed by atoms with Crippen molar-refractivity contribution in [1.29, 1.82) is 0 Å². The summed E-state index contributed by atoms with van der Waals surface area (Å²) in [6.45, 7) is 1.92. The molecule has 0 spiro atoms. The lowest BCUT2D eigenvalue weighted by atomic mass is 10.3. The van der Waals surface area contributed by atoms with Crippen molar-refractivity contribution < 1.29 is 4.79 Å². The highest BCUT2D eigenvalue weighted by Crippen LogP contribution is 2.17. The molecule has 1 aliphatic rings. The first-order valence-corrected chi connectivity index (χ1v) is 5.03. The number of hydrogen-bond donors (Lipinski definition) is 3. The summed E-state index contributed by atoms with van der Waals surface area (Å²) in [5.41, 5.74) is 5.33. The summed E-state index contributed by atoms with van der Waals surface area (Å²) >= 11 is 0. The molecular formula is C9H19N3O. The Morgan fingerprint density at radius 2 is 2.15 bits per heavy atom. The van der Waals surface area contributed by atoms with Gasteiger partial charge in [0.15, 0.2) is 0 Å². The largest absolute Gasteiger partial charge is 0.355 e. The minimum Gasteiger partial charge on any atom is -0.355 e. The van der Waals surface area contributed by atoms with Gasteiger partial charge in [0.2, 0.25) is 5.91 Å². The van der Waals surface area contributed by atoms with Gasteiger partial charge in [0, 0.05) is 12.6 Å². The third kappa shape index (κ3) is 5.60. The lowest BCUT2D eigenvalue weighted by Crippen LogP contribution is -2.35. The van der Waals surface area contributed by atoms with Crippen LogP contribution < -0.4 is 16.4 Å². The van der Waals surface area contributed by atoms with E-state index in [0.717, 1.165) is 19.4 Å². The Balaban J connectivity index is 1.84. The Bertz CT molecular complexity index is 157. The first-order chi connectivity index (χ1) is 6.33. The topological polar surface area (TPSA) is 67.1 Å². The molecule has 13 heavy (non-hydrogen) atoms. The summed E-state index contributed by atoms with van der Waals surface area (Å²) in [6, 6.07) is 0.606. The highest BCUT2D eigenvalue weighted by Gasteiger charge is 2.20. The van der Waals surface area contributed by atoms with E-state index in [1.54, 1.807) is 0 Å². The zero-order valence-electron chi connectivity index (χ0n) is 8.01. The van der Waals surface area contributed by atoms with Gasteiger partial charge < -0.3 is 16.4 Å². The van der Waals surface area contributed by atoms with Crippen molar-refractivity contribution in [2.45, 2.75) is 31.7 Å². The van der Waals surface area contributed by atoms with E-state index in [0.29, 0.717) is 19.1 Å². The van der Waals surface area contributed by atoms with Crippen LogP contribution in [0.25, 0.3) is 0 Å². The zero-order valence-corrected chi connectivity index (χ0v) is 8.01. The number of carbonyl (C=O) groups excluding carboxylic acids is 1. The molecular weight excluding hydrogens is 166 g/mol. The van der Waals surface area contributed by atoms with Crippen LogP contribution in [0.2, 0.25) is 0 Å². The molecule has 0 heterocycles. The molecule has 4 nitrogen and oxygen atoms in total. The van der Waals surface area contributed by atoms with Gasteiger partial charge in [-0.15, -0.1) is 0 Å². The monoisotopic (exact) mass is 185 g/mol. The Kier molecular flexibility index (Phi) is 4.78. The Hall–Kier alpha value is -0.610. The number of carbonyl (C=O) groups is 1. The molecule has 1 amide bonds. The van der Waals surface area contributed by atoms with E-state index >= 15 is 0 Å². The fourth-order valence-electron chi connectivity index (χ4n) is 1.08. The van der Waals surface area contributed by atoms with E-state index in [1.807, 2.05) is 0 Å². The first kappa shape index (κ1) is 10.5. The fourth-order valence-corrected chi connectivity index (χ4v) is 1.08. The number of unbranched alkanes of at least 4 members (excludes halogenated alkanes) is 1. The number of nitrogens with one attached hydrogen (secondary N) is 2. The van der Waals surface area contributed by atoms with Gasteiger partial charge in [0.05, 0.1) is 6.54 Å². The molecule has 0 saturated heterocycles. The maximum absolute atomic E-state index is 11.1. The summed E-state index contributed by atoms with van der Waals surface area (Å²) in [5.74, 6) is 0.101. The van der Waals surface area contributed by atoms with Crippen LogP contribution in [0.3, 0.4) is 0 Å². The van der Waals surface area contributed by atoms with Crippen LogP contribution in [0.1, 0.15) is 25.7 Å². The predicted octanol–water partition coefficient (Wildman–Crippen LogP) is -0.406. The van der Waals surface area contributed by atoms with Crippen LogP contribution in [0.5, 0.6) is 0 Å². The zero-order chi connectivity index (χ0) is 9.52. The molecule has 0 aromatic heterocycles. The molecule has 1 aliphatic carbocycles. The lowest BCUT2D eigenvalue weighted by molar-refractivity contribution is -0.120. The van der Waals surface area contributed by atoms with E-state index in [1.165, 1.54) is 12.8 Å². The third-order valence-corrected chi connectivity index (χ3v) is 2.08. The van der Waals surface area contributed by atoms with Gasteiger partial charge in [-0.3, -0.25) is 4.79 Å². The van der Waals surface area contributed by atoms with Crippen molar-refractivity contribution >= 4 is 5.91 Å². The summed E-state index contributed by atoms with van der Waals surface area (Å²) < 4.78 is 0. The van der Waals surface area contributed by atoms with Crippen LogP contribution in [0, 0.1) is 0 Å². The molecule has 0 aliphatic heterocycles. The molecule has 0 aromatic carbocycles. The van der Waals surface area contributed by atoms with Crippen LogP contribution in [-0.4, -0.2) is 31.6 Å². The Morgan fingerprint density at radius 3 is 2.77 bits per heavy atom. The summed E-state index contributed by atoms with van der Waals surface area (Å²) in [6.07, 6.45) is 4.41. The number of amides is 1. The van der Waals surface area contributed by atoms with E-state index < -0.39 is 0 Å². The van der Waals surface area contributed by atoms with Crippen molar-refractivity contribution in [2.24, 2.45) is 5.73 Å². The average molecular weight is 185 g/mol. The van der Waals surface area contributed by atoms with Gasteiger partial charge >= 0.3 is 0 Å². The minimum absolute atomic E-state index is 0.101. The highest BCUT2D eigenvalue weighted by molar-refractivity contribution is 5.77. The molecule has 0 radical (unpaired) electrons. The normalized spacial score (nSPS) is 15.8. The number of nitrogens with two attached hydrogens (primary N) is 1. The van der Waals surface area contributed by atoms with Gasteiger partial charge in [-0.1, -0.05) is 0 Å². The quantitative estimate of drug-likeness (QED) is 0.472. The average Bonchev–Trinajstić information content (AvgIpc) is 2.92. The van der Waals surface area contributed by atoms with Crippen LogP contribution in [0.4, 0.5) is 0 Å². The maximum atomic E-state index is 11.1. The van der Waals surface area contributed by atoms with Crippen molar-refractivity contribution in [3.8, 4) is 0 Å². The van der Waals surface area contributed by atoms with Gasteiger partial charge in [0.1, 0.15) is 0 Å². The van der Waals surface area contributed by atoms with Gasteiger partial charge in [-0.2, -0.15) is 0 Å². The molecule has 1 saturated carbocycles. The molecule has 1 rings (SSSR count). The Morgan fingerprint density at radius 1 is 1.38 bits per heavy atom.